The molecule has 0 aliphatic rings. The van der Waals surface area contributed by atoms with Crippen LogP contribution in [0.15, 0.2) is 61.3 Å². The van der Waals surface area contributed by atoms with Crippen molar-refractivity contribution in [1.82, 2.24) is 24.5 Å². The van der Waals surface area contributed by atoms with Crippen LogP contribution >= 0.6 is 0 Å². The maximum Gasteiger partial charge on any atom is 0.219 e. The zero-order valence-electron chi connectivity index (χ0n) is 14.3. The number of fused-ring (bicyclic) bond motifs is 1. The van der Waals surface area contributed by atoms with Crippen LogP contribution in [0.3, 0.4) is 0 Å². The van der Waals surface area contributed by atoms with Crippen LogP contribution in [0.1, 0.15) is 12.5 Å². The first-order valence-electron chi connectivity index (χ1n) is 8.41. The zero-order chi connectivity index (χ0) is 17.8. The van der Waals surface area contributed by atoms with Crippen molar-refractivity contribution in [2.45, 2.75) is 20.0 Å². The van der Waals surface area contributed by atoms with Crippen molar-refractivity contribution in [3.05, 3.63) is 66.9 Å². The molecule has 3 aromatic heterocycles. The van der Waals surface area contributed by atoms with Gasteiger partial charge in [-0.2, -0.15) is 0 Å². The topological polar surface area (TPSA) is 77.8 Å². The van der Waals surface area contributed by atoms with Crippen LogP contribution in [-0.2, 0) is 13.1 Å². The molecule has 0 spiro atoms. The first kappa shape index (κ1) is 16.0. The normalized spacial score (nSPS) is 10.8. The number of hydrogen-bond acceptors (Lipinski definition) is 6. The van der Waals surface area contributed by atoms with Gasteiger partial charge in [0, 0.05) is 25.4 Å². The van der Waals surface area contributed by atoms with Crippen LogP contribution in [0.4, 0.5) is 5.82 Å². The second kappa shape index (κ2) is 7.18. The summed E-state index contributed by atoms with van der Waals surface area (Å²) in [6.07, 6.45) is 5.11. The zero-order valence-corrected chi connectivity index (χ0v) is 14.3. The summed E-state index contributed by atoms with van der Waals surface area (Å²) in [7, 11) is 0. The van der Waals surface area contributed by atoms with Crippen molar-refractivity contribution < 1.29 is 4.74 Å². The standard InChI is InChI=1S/C19H18N6O/c1-2-25-13-24-17-18(22-12-23-19(17)25)21-11-14-8-9-16(20-10-14)26-15-6-4-3-5-7-15/h3-10,12-13H,2,11H2,1H3,(H,21,22,23). The molecule has 26 heavy (non-hydrogen) atoms. The average molecular weight is 346 g/mol. The van der Waals surface area contributed by atoms with E-state index in [1.54, 1.807) is 18.9 Å². The third kappa shape index (κ3) is 3.32. The molecule has 0 aliphatic heterocycles. The lowest BCUT2D eigenvalue weighted by atomic mass is 10.3. The summed E-state index contributed by atoms with van der Waals surface area (Å²) in [4.78, 5) is 17.4. The predicted octanol–water partition coefficient (Wildman–Crippen LogP) is 3.65. The minimum absolute atomic E-state index is 0.561. The number of hydrogen-bond donors (Lipinski definition) is 1. The van der Waals surface area contributed by atoms with E-state index < -0.39 is 0 Å². The Morgan fingerprint density at radius 2 is 1.88 bits per heavy atom. The molecule has 0 unspecified atom stereocenters. The Morgan fingerprint density at radius 3 is 2.65 bits per heavy atom. The summed E-state index contributed by atoms with van der Waals surface area (Å²) in [6.45, 7) is 3.46. The Balaban J connectivity index is 1.44. The fourth-order valence-corrected chi connectivity index (χ4v) is 2.61. The summed E-state index contributed by atoms with van der Waals surface area (Å²) >= 11 is 0. The molecule has 4 rings (SSSR count). The lowest BCUT2D eigenvalue weighted by Gasteiger charge is -2.08. The monoisotopic (exact) mass is 346 g/mol. The van der Waals surface area contributed by atoms with Crippen LogP contribution in [0, 0.1) is 0 Å². The van der Waals surface area contributed by atoms with Gasteiger partial charge in [-0.3, -0.25) is 0 Å². The fraction of sp³-hybridized carbons (Fsp3) is 0.158. The van der Waals surface area contributed by atoms with Gasteiger partial charge < -0.3 is 14.6 Å². The molecule has 1 aromatic carbocycles. The van der Waals surface area contributed by atoms with Crippen molar-refractivity contribution >= 4 is 17.0 Å². The molecule has 0 bridgehead atoms. The van der Waals surface area contributed by atoms with Gasteiger partial charge in [0.1, 0.15) is 17.6 Å². The van der Waals surface area contributed by atoms with Crippen molar-refractivity contribution in [2.75, 3.05) is 5.32 Å². The smallest absolute Gasteiger partial charge is 0.219 e. The van der Waals surface area contributed by atoms with E-state index in [1.165, 1.54) is 0 Å². The minimum atomic E-state index is 0.561. The van der Waals surface area contributed by atoms with Gasteiger partial charge in [0.15, 0.2) is 11.5 Å². The van der Waals surface area contributed by atoms with Gasteiger partial charge in [-0.25, -0.2) is 19.9 Å². The van der Waals surface area contributed by atoms with E-state index in [9.17, 15) is 0 Å². The van der Waals surface area contributed by atoms with Crippen molar-refractivity contribution in [2.24, 2.45) is 0 Å². The SMILES string of the molecule is CCn1cnc2c(NCc3ccc(Oc4ccccc4)nc3)ncnc21. The Hall–Kier alpha value is -3.48. The number of ether oxygens (including phenoxy) is 1. The Kier molecular flexibility index (Phi) is 4.42. The molecule has 0 radical (unpaired) electrons. The van der Waals surface area contributed by atoms with Crippen molar-refractivity contribution in [3.8, 4) is 11.6 Å². The highest BCUT2D eigenvalue weighted by Gasteiger charge is 2.09. The highest BCUT2D eigenvalue weighted by atomic mass is 16.5. The van der Waals surface area contributed by atoms with E-state index in [0.29, 0.717) is 18.2 Å². The van der Waals surface area contributed by atoms with Gasteiger partial charge in [-0.05, 0) is 24.6 Å². The second-order valence-electron chi connectivity index (χ2n) is 5.70. The molecule has 0 fully saturated rings. The molecule has 0 aliphatic carbocycles. The lowest BCUT2D eigenvalue weighted by Crippen LogP contribution is -2.03. The Morgan fingerprint density at radius 1 is 1.00 bits per heavy atom. The number of aromatic nitrogens is 5. The number of nitrogens with one attached hydrogen (secondary N) is 1. The van der Waals surface area contributed by atoms with E-state index in [2.05, 4.69) is 32.2 Å². The molecule has 0 atom stereocenters. The van der Waals surface area contributed by atoms with Crippen LogP contribution in [-0.4, -0.2) is 24.5 Å². The van der Waals surface area contributed by atoms with Crippen LogP contribution in [0.2, 0.25) is 0 Å². The van der Waals surface area contributed by atoms with E-state index in [0.717, 1.165) is 29.0 Å². The molecule has 0 amide bonds. The van der Waals surface area contributed by atoms with Crippen molar-refractivity contribution in [1.29, 1.82) is 0 Å². The van der Waals surface area contributed by atoms with Gasteiger partial charge in [0.05, 0.1) is 6.33 Å². The first-order chi connectivity index (χ1) is 12.8. The molecule has 7 heteroatoms. The number of benzene rings is 1. The van der Waals surface area contributed by atoms with Gasteiger partial charge >= 0.3 is 0 Å². The van der Waals surface area contributed by atoms with Gasteiger partial charge in [-0.15, -0.1) is 0 Å². The number of aryl methyl sites for hydroxylation is 1. The van der Waals surface area contributed by atoms with Gasteiger partial charge in [0.25, 0.3) is 0 Å². The van der Waals surface area contributed by atoms with E-state index in [-0.39, 0.29) is 0 Å². The molecule has 0 saturated carbocycles. The summed E-state index contributed by atoms with van der Waals surface area (Å²) in [6, 6.07) is 13.4. The number of imidazole rings is 1. The highest BCUT2D eigenvalue weighted by Crippen LogP contribution is 2.20. The van der Waals surface area contributed by atoms with Crippen LogP contribution in [0.5, 0.6) is 11.6 Å². The van der Waals surface area contributed by atoms with Crippen LogP contribution < -0.4 is 10.1 Å². The third-order valence-electron chi connectivity index (χ3n) is 3.97. The molecular formula is C19H18N6O. The number of rotatable bonds is 6. The second-order valence-corrected chi connectivity index (χ2v) is 5.70. The van der Waals surface area contributed by atoms with E-state index in [4.69, 9.17) is 4.74 Å². The summed E-state index contributed by atoms with van der Waals surface area (Å²) in [5.41, 5.74) is 2.62. The summed E-state index contributed by atoms with van der Waals surface area (Å²) in [5, 5.41) is 3.30. The van der Waals surface area contributed by atoms with Crippen LogP contribution in [0.25, 0.3) is 11.2 Å². The quantitative estimate of drug-likeness (QED) is 0.574. The summed E-state index contributed by atoms with van der Waals surface area (Å²) < 4.78 is 7.69. The predicted molar refractivity (Wildman–Crippen MR) is 99.1 cm³/mol. The van der Waals surface area contributed by atoms with Crippen molar-refractivity contribution in [3.63, 3.8) is 0 Å². The number of nitrogens with zero attached hydrogens (tertiary/aromatic N) is 5. The van der Waals surface area contributed by atoms with E-state index >= 15 is 0 Å². The van der Waals surface area contributed by atoms with Gasteiger partial charge in [-0.1, -0.05) is 24.3 Å². The summed E-state index contributed by atoms with van der Waals surface area (Å²) in [5.74, 6) is 2.04. The molecule has 4 aromatic rings. The maximum absolute atomic E-state index is 5.70. The Labute approximate surface area is 150 Å². The third-order valence-corrected chi connectivity index (χ3v) is 3.97. The lowest BCUT2D eigenvalue weighted by molar-refractivity contribution is 0.462. The number of para-hydroxylation sites is 1. The molecule has 0 saturated heterocycles. The molecule has 3 heterocycles. The van der Waals surface area contributed by atoms with E-state index in [1.807, 2.05) is 47.0 Å². The minimum Gasteiger partial charge on any atom is -0.439 e. The maximum atomic E-state index is 5.70. The molecule has 130 valence electrons. The molecular weight excluding hydrogens is 328 g/mol. The Bertz CT molecular complexity index is 998. The van der Waals surface area contributed by atoms with Gasteiger partial charge in [0.2, 0.25) is 5.88 Å². The first-order valence-corrected chi connectivity index (χ1v) is 8.41. The largest absolute Gasteiger partial charge is 0.439 e. The number of anilines is 1. The average Bonchev–Trinajstić information content (AvgIpc) is 3.12. The fourth-order valence-electron chi connectivity index (χ4n) is 2.61. The number of pyridine rings is 1. The molecule has 1 N–H and O–H groups in total. The molecule has 7 nitrogen and oxygen atoms in total. The highest BCUT2D eigenvalue weighted by molar-refractivity contribution is 5.82.